The molecule has 0 aromatic rings. The topological polar surface area (TPSA) is 26.3 Å². The van der Waals surface area contributed by atoms with E-state index in [2.05, 4.69) is 15.9 Å². The van der Waals surface area contributed by atoms with Crippen molar-refractivity contribution in [2.45, 2.75) is 39.5 Å². The van der Waals surface area contributed by atoms with Crippen LogP contribution in [0.1, 0.15) is 39.5 Å². The Bertz CT molecular complexity index is 137. The highest BCUT2D eigenvalue weighted by atomic mass is 79.9. The number of unbranched alkanes of at least 4 members (excludes halogenated alkanes) is 2. The summed E-state index contributed by atoms with van der Waals surface area (Å²) in [6.45, 7) is 4.27. The summed E-state index contributed by atoms with van der Waals surface area (Å²) < 4.78 is 4.91. The monoisotopic (exact) mass is 250 g/mol. The normalized spacial score (nSPS) is 12.5. The van der Waals surface area contributed by atoms with E-state index in [9.17, 15) is 4.79 Å². The van der Waals surface area contributed by atoms with E-state index in [4.69, 9.17) is 4.74 Å². The lowest BCUT2D eigenvalue weighted by Crippen LogP contribution is -2.14. The molecule has 0 amide bonds. The molecule has 1 atom stereocenters. The first kappa shape index (κ1) is 12.9. The molecule has 0 saturated heterocycles. The van der Waals surface area contributed by atoms with Crippen LogP contribution in [0, 0.1) is 5.92 Å². The molecule has 0 radical (unpaired) electrons. The van der Waals surface area contributed by atoms with E-state index in [0.29, 0.717) is 6.61 Å². The van der Waals surface area contributed by atoms with Gasteiger partial charge in [-0.3, -0.25) is 4.79 Å². The maximum Gasteiger partial charge on any atom is 0.308 e. The van der Waals surface area contributed by atoms with E-state index in [1.807, 2.05) is 13.8 Å². The summed E-state index contributed by atoms with van der Waals surface area (Å²) in [5.74, 6) is 0.0108. The molecule has 0 saturated carbocycles. The third-order valence-electron chi connectivity index (χ3n) is 1.96. The van der Waals surface area contributed by atoms with E-state index in [-0.39, 0.29) is 11.9 Å². The van der Waals surface area contributed by atoms with Gasteiger partial charge >= 0.3 is 5.97 Å². The first-order valence-electron chi connectivity index (χ1n) is 4.95. The summed E-state index contributed by atoms with van der Waals surface area (Å²) in [4.78, 5) is 11.2. The molecule has 0 aromatic carbocycles. The van der Waals surface area contributed by atoms with Gasteiger partial charge in [0.05, 0.1) is 12.5 Å². The van der Waals surface area contributed by atoms with Gasteiger partial charge in [0.25, 0.3) is 0 Å². The van der Waals surface area contributed by atoms with Crippen molar-refractivity contribution in [1.29, 1.82) is 0 Å². The molecule has 0 aromatic heterocycles. The minimum atomic E-state index is -0.0543. The van der Waals surface area contributed by atoms with E-state index in [1.54, 1.807) is 0 Å². The molecule has 0 heterocycles. The van der Waals surface area contributed by atoms with Gasteiger partial charge in [-0.2, -0.15) is 0 Å². The van der Waals surface area contributed by atoms with Crippen LogP contribution in [0.3, 0.4) is 0 Å². The fourth-order valence-corrected chi connectivity index (χ4v) is 1.52. The van der Waals surface area contributed by atoms with Gasteiger partial charge < -0.3 is 4.74 Å². The Hall–Kier alpha value is -0.0500. The van der Waals surface area contributed by atoms with Crippen LogP contribution in [-0.4, -0.2) is 17.9 Å². The van der Waals surface area contributed by atoms with Crippen molar-refractivity contribution in [3.05, 3.63) is 0 Å². The van der Waals surface area contributed by atoms with Crippen LogP contribution >= 0.6 is 15.9 Å². The summed E-state index contributed by atoms with van der Waals surface area (Å²) in [7, 11) is 0. The molecule has 2 nitrogen and oxygen atoms in total. The fourth-order valence-electron chi connectivity index (χ4n) is 1.12. The lowest BCUT2D eigenvalue weighted by Gasteiger charge is -2.09. The van der Waals surface area contributed by atoms with Gasteiger partial charge in [0.2, 0.25) is 0 Å². The number of rotatable bonds is 7. The van der Waals surface area contributed by atoms with Gasteiger partial charge in [-0.1, -0.05) is 35.7 Å². The van der Waals surface area contributed by atoms with Crippen molar-refractivity contribution in [2.24, 2.45) is 5.92 Å². The molecule has 78 valence electrons. The van der Waals surface area contributed by atoms with Crippen molar-refractivity contribution >= 4 is 21.9 Å². The lowest BCUT2D eigenvalue weighted by atomic mass is 10.0. The Morgan fingerprint density at radius 1 is 1.38 bits per heavy atom. The Balaban J connectivity index is 3.38. The van der Waals surface area contributed by atoms with E-state index >= 15 is 0 Å². The highest BCUT2D eigenvalue weighted by Gasteiger charge is 2.12. The smallest absolute Gasteiger partial charge is 0.308 e. The molecule has 0 fully saturated rings. The number of ether oxygens (including phenoxy) is 1. The van der Waals surface area contributed by atoms with E-state index in [1.165, 1.54) is 12.8 Å². The Kier molecular flexibility index (Phi) is 8.51. The van der Waals surface area contributed by atoms with Crippen LogP contribution in [0.5, 0.6) is 0 Å². The summed E-state index contributed by atoms with van der Waals surface area (Å²) >= 11 is 3.38. The fraction of sp³-hybridized carbons (Fsp3) is 0.900. The summed E-state index contributed by atoms with van der Waals surface area (Å²) in [5, 5.41) is 1.06. The second kappa shape index (κ2) is 8.54. The number of carbonyl (C=O) groups excluding carboxylic acids is 1. The van der Waals surface area contributed by atoms with Gasteiger partial charge in [0.15, 0.2) is 0 Å². The van der Waals surface area contributed by atoms with Gasteiger partial charge in [-0.25, -0.2) is 0 Å². The van der Waals surface area contributed by atoms with Crippen molar-refractivity contribution in [3.8, 4) is 0 Å². The lowest BCUT2D eigenvalue weighted by molar-refractivity contribution is -0.147. The second-order valence-corrected chi connectivity index (χ2v) is 3.98. The molecule has 0 aliphatic rings. The van der Waals surface area contributed by atoms with Crippen LogP contribution in [-0.2, 0) is 9.53 Å². The maximum absolute atomic E-state index is 11.2. The first-order chi connectivity index (χ1) is 6.22. The molecule has 0 aliphatic carbocycles. The van der Waals surface area contributed by atoms with Gasteiger partial charge in [0.1, 0.15) is 0 Å². The van der Waals surface area contributed by atoms with Crippen molar-refractivity contribution in [3.63, 3.8) is 0 Å². The Labute approximate surface area is 89.2 Å². The quantitative estimate of drug-likeness (QED) is 0.394. The number of halogens is 1. The molecule has 3 heteroatoms. The molecule has 0 aliphatic heterocycles. The summed E-state index contributed by atoms with van der Waals surface area (Å²) in [6.07, 6.45) is 4.45. The molecule has 0 bridgehead atoms. The zero-order valence-corrected chi connectivity index (χ0v) is 10.1. The largest absolute Gasteiger partial charge is 0.466 e. The number of carbonyl (C=O) groups is 1. The van der Waals surface area contributed by atoms with Crippen LogP contribution in [0.25, 0.3) is 0 Å². The van der Waals surface area contributed by atoms with Crippen LogP contribution < -0.4 is 0 Å². The molecular weight excluding hydrogens is 232 g/mol. The Morgan fingerprint density at radius 2 is 2.08 bits per heavy atom. The van der Waals surface area contributed by atoms with Crippen molar-refractivity contribution < 1.29 is 9.53 Å². The van der Waals surface area contributed by atoms with E-state index < -0.39 is 0 Å². The van der Waals surface area contributed by atoms with Gasteiger partial charge in [0, 0.05) is 5.33 Å². The Morgan fingerprint density at radius 3 is 2.62 bits per heavy atom. The predicted molar refractivity (Wildman–Crippen MR) is 58.1 cm³/mol. The molecule has 0 spiro atoms. The minimum absolute atomic E-state index is 0.0543. The maximum atomic E-state index is 11.2. The summed E-state index contributed by atoms with van der Waals surface area (Å²) in [5.41, 5.74) is 0. The average Bonchev–Trinajstić information content (AvgIpc) is 2.12. The average molecular weight is 251 g/mol. The molecule has 0 N–H and O–H groups in total. The third kappa shape index (κ3) is 7.05. The van der Waals surface area contributed by atoms with Crippen LogP contribution in [0.4, 0.5) is 0 Å². The number of alkyl halides is 1. The molecule has 1 unspecified atom stereocenters. The predicted octanol–water partition coefficient (Wildman–Crippen LogP) is 3.14. The number of esters is 1. The highest BCUT2D eigenvalue weighted by Crippen LogP contribution is 2.11. The third-order valence-corrected chi connectivity index (χ3v) is 2.52. The number of hydrogen-bond donors (Lipinski definition) is 0. The second-order valence-electron chi connectivity index (χ2n) is 3.19. The van der Waals surface area contributed by atoms with E-state index in [0.717, 1.165) is 18.2 Å². The first-order valence-corrected chi connectivity index (χ1v) is 6.07. The SMILES string of the molecule is CCOC(=O)C(C)CCCCCBr. The van der Waals surface area contributed by atoms with Crippen LogP contribution in [0.2, 0.25) is 0 Å². The standard InChI is InChI=1S/C10H19BrO2/c1-3-13-10(12)9(2)7-5-4-6-8-11/h9H,3-8H2,1-2H3. The molecule has 0 rings (SSSR count). The molecule has 13 heavy (non-hydrogen) atoms. The van der Waals surface area contributed by atoms with Crippen molar-refractivity contribution in [1.82, 2.24) is 0 Å². The van der Waals surface area contributed by atoms with Gasteiger partial charge in [-0.05, 0) is 19.8 Å². The van der Waals surface area contributed by atoms with Gasteiger partial charge in [-0.15, -0.1) is 0 Å². The van der Waals surface area contributed by atoms with Crippen LogP contribution in [0.15, 0.2) is 0 Å². The minimum Gasteiger partial charge on any atom is -0.466 e. The zero-order valence-electron chi connectivity index (χ0n) is 8.51. The molecular formula is C10H19BrO2. The highest BCUT2D eigenvalue weighted by molar-refractivity contribution is 9.09. The zero-order chi connectivity index (χ0) is 10.1. The summed E-state index contributed by atoms with van der Waals surface area (Å²) in [6, 6.07) is 0. The number of hydrogen-bond acceptors (Lipinski definition) is 2. The van der Waals surface area contributed by atoms with Crippen molar-refractivity contribution in [2.75, 3.05) is 11.9 Å².